The van der Waals surface area contributed by atoms with Crippen LogP contribution in [0.3, 0.4) is 0 Å². The highest BCUT2D eigenvalue weighted by atomic mass is 35.5. The van der Waals surface area contributed by atoms with Gasteiger partial charge >= 0.3 is 0 Å². The Morgan fingerprint density at radius 3 is 2.18 bits per heavy atom. The molecule has 0 radical (unpaired) electrons. The van der Waals surface area contributed by atoms with Gasteiger partial charge < -0.3 is 4.90 Å². The Bertz CT molecular complexity index is 952. The first-order valence-electron chi connectivity index (χ1n) is 12.2. The van der Waals surface area contributed by atoms with Crippen LogP contribution in [-0.4, -0.2) is 73.2 Å². The van der Waals surface area contributed by atoms with Gasteiger partial charge in [-0.25, -0.2) is 8.42 Å². The first-order valence-corrected chi connectivity index (χ1v) is 14.4. The largest absolute Gasteiger partial charge is 0.340 e. The molecule has 6 nitrogen and oxygen atoms in total. The zero-order chi connectivity index (χ0) is 23.8. The molecule has 0 atom stereocenters. The quantitative estimate of drug-likeness (QED) is 0.535. The first kappa shape index (κ1) is 25.2. The zero-order valence-electron chi connectivity index (χ0n) is 19.6. The summed E-state index contributed by atoms with van der Waals surface area (Å²) in [6.45, 7) is 8.36. The Hall–Kier alpha value is -0.860. The van der Waals surface area contributed by atoms with E-state index in [1.54, 1.807) is 10.4 Å². The molecule has 0 spiro atoms. The van der Waals surface area contributed by atoms with E-state index < -0.39 is 10.0 Å². The van der Waals surface area contributed by atoms with Gasteiger partial charge in [0.05, 0.1) is 14.9 Å². The molecular weight excluding hydrogens is 481 g/mol. The van der Waals surface area contributed by atoms with E-state index >= 15 is 0 Å². The second-order valence-corrected chi connectivity index (χ2v) is 12.8. The topological polar surface area (TPSA) is 60.9 Å². The van der Waals surface area contributed by atoms with Gasteiger partial charge in [0, 0.05) is 50.7 Å². The molecule has 1 aromatic carbocycles. The minimum absolute atomic E-state index is 0.00213. The number of rotatable bonds is 7. The predicted molar refractivity (Wildman–Crippen MR) is 132 cm³/mol. The van der Waals surface area contributed by atoms with Gasteiger partial charge in [-0.3, -0.25) is 9.69 Å². The zero-order valence-corrected chi connectivity index (χ0v) is 21.9. The third kappa shape index (κ3) is 5.87. The summed E-state index contributed by atoms with van der Waals surface area (Å²) in [5, 5.41) is 0.591. The molecule has 3 aliphatic rings. The van der Waals surface area contributed by atoms with Crippen LogP contribution in [0, 0.1) is 11.8 Å². The van der Waals surface area contributed by atoms with Crippen LogP contribution >= 0.6 is 23.2 Å². The van der Waals surface area contributed by atoms with Crippen molar-refractivity contribution >= 4 is 39.1 Å². The molecule has 4 rings (SSSR count). The third-order valence-corrected chi connectivity index (χ3v) is 10.1. The molecule has 0 bridgehead atoms. The van der Waals surface area contributed by atoms with E-state index in [1.165, 1.54) is 12.1 Å². The molecular formula is C24H35Cl2N3O3S. The summed E-state index contributed by atoms with van der Waals surface area (Å²) < 4.78 is 28.8. The van der Waals surface area contributed by atoms with E-state index in [0.717, 1.165) is 64.7 Å². The number of piperazine rings is 1. The molecule has 2 aliphatic carbocycles. The highest BCUT2D eigenvalue weighted by Crippen LogP contribution is 2.38. The summed E-state index contributed by atoms with van der Waals surface area (Å²) in [6.07, 6.45) is 5.07. The third-order valence-electron chi connectivity index (χ3n) is 7.44. The van der Waals surface area contributed by atoms with Crippen molar-refractivity contribution in [2.75, 3.05) is 32.7 Å². The second kappa shape index (κ2) is 10.4. The Labute approximate surface area is 208 Å². The Morgan fingerprint density at radius 2 is 1.64 bits per heavy atom. The minimum Gasteiger partial charge on any atom is -0.340 e. The van der Waals surface area contributed by atoms with Crippen molar-refractivity contribution in [3.8, 4) is 0 Å². The number of sulfonamides is 1. The summed E-state index contributed by atoms with van der Waals surface area (Å²) in [4.78, 5) is 17.7. The van der Waals surface area contributed by atoms with E-state index in [2.05, 4.69) is 18.7 Å². The first-order chi connectivity index (χ1) is 15.7. The van der Waals surface area contributed by atoms with Gasteiger partial charge in [0.1, 0.15) is 0 Å². The van der Waals surface area contributed by atoms with Crippen LogP contribution in [0.4, 0.5) is 0 Å². The number of carbonyl (C=O) groups is 1. The molecule has 9 heteroatoms. The van der Waals surface area contributed by atoms with Crippen LogP contribution in [0.5, 0.6) is 0 Å². The molecule has 1 aromatic rings. The monoisotopic (exact) mass is 515 g/mol. The maximum absolute atomic E-state index is 13.6. The molecule has 0 N–H and O–H groups in total. The summed E-state index contributed by atoms with van der Waals surface area (Å²) in [5.74, 6) is 0.680. The number of halogens is 2. The molecule has 0 unspecified atom stereocenters. The molecule has 1 saturated heterocycles. The molecule has 3 fully saturated rings. The van der Waals surface area contributed by atoms with Crippen LogP contribution in [0.2, 0.25) is 10.0 Å². The van der Waals surface area contributed by atoms with Gasteiger partial charge in [0.25, 0.3) is 0 Å². The van der Waals surface area contributed by atoms with Gasteiger partial charge in [-0.05, 0) is 76.5 Å². The number of amides is 1. The normalized spacial score (nSPS) is 25.1. The number of hydrogen-bond acceptors (Lipinski definition) is 4. The number of hydrogen-bond donors (Lipinski definition) is 0. The van der Waals surface area contributed by atoms with Crippen molar-refractivity contribution in [2.24, 2.45) is 11.8 Å². The molecule has 33 heavy (non-hydrogen) atoms. The summed E-state index contributed by atoms with van der Waals surface area (Å²) >= 11 is 12.1. The van der Waals surface area contributed by atoms with Crippen molar-refractivity contribution in [3.05, 3.63) is 28.2 Å². The van der Waals surface area contributed by atoms with Crippen LogP contribution in [0.15, 0.2) is 23.1 Å². The van der Waals surface area contributed by atoms with Crippen molar-refractivity contribution in [1.29, 1.82) is 0 Å². The lowest BCUT2D eigenvalue weighted by Crippen LogP contribution is -2.52. The van der Waals surface area contributed by atoms with E-state index in [-0.39, 0.29) is 27.8 Å². The van der Waals surface area contributed by atoms with Crippen molar-refractivity contribution in [2.45, 2.75) is 69.4 Å². The molecule has 2 saturated carbocycles. The fraction of sp³-hybridized carbons (Fsp3) is 0.708. The van der Waals surface area contributed by atoms with Crippen molar-refractivity contribution in [1.82, 2.24) is 14.1 Å². The number of nitrogens with zero attached hydrogens (tertiary/aromatic N) is 3. The van der Waals surface area contributed by atoms with E-state index in [1.807, 2.05) is 4.90 Å². The SMILES string of the molecule is CC(C)N1CCN(C(=O)[C@H]2CC[C@H](N(CC3CC3)S(=O)(=O)c3ccc(Cl)c(Cl)c3)CC2)CC1. The standard InChI is InChI=1S/C24H35Cl2N3O3S/c1-17(2)27-11-13-28(14-12-27)24(30)19-5-7-20(8-6-19)29(16-18-3-4-18)33(31,32)21-9-10-22(25)23(26)15-21/h9-10,15,17-20H,3-8,11-14,16H2,1-2H3/t19-,20-. The summed E-state index contributed by atoms with van der Waals surface area (Å²) in [5.41, 5.74) is 0. The lowest BCUT2D eigenvalue weighted by atomic mass is 9.85. The number of benzene rings is 1. The van der Waals surface area contributed by atoms with E-state index in [0.29, 0.717) is 23.5 Å². The average molecular weight is 517 g/mol. The highest BCUT2D eigenvalue weighted by molar-refractivity contribution is 7.89. The smallest absolute Gasteiger partial charge is 0.243 e. The van der Waals surface area contributed by atoms with Crippen LogP contribution in [0.1, 0.15) is 52.4 Å². The lowest BCUT2D eigenvalue weighted by molar-refractivity contribution is -0.138. The second-order valence-electron chi connectivity index (χ2n) is 10.1. The van der Waals surface area contributed by atoms with Crippen LogP contribution in [-0.2, 0) is 14.8 Å². The van der Waals surface area contributed by atoms with Crippen LogP contribution < -0.4 is 0 Å². The Balaban J connectivity index is 1.40. The van der Waals surface area contributed by atoms with Gasteiger partial charge in [-0.2, -0.15) is 4.31 Å². The van der Waals surface area contributed by atoms with E-state index in [9.17, 15) is 13.2 Å². The van der Waals surface area contributed by atoms with Crippen LogP contribution in [0.25, 0.3) is 0 Å². The number of carbonyl (C=O) groups excluding carboxylic acids is 1. The molecule has 1 aliphatic heterocycles. The predicted octanol–water partition coefficient (Wildman–Crippen LogP) is 4.51. The fourth-order valence-corrected chi connectivity index (χ4v) is 7.25. The maximum atomic E-state index is 13.6. The molecule has 184 valence electrons. The molecule has 0 aromatic heterocycles. The lowest BCUT2D eigenvalue weighted by Gasteiger charge is -2.40. The minimum atomic E-state index is -3.68. The summed E-state index contributed by atoms with van der Waals surface area (Å²) in [6, 6.07) is 4.96. The maximum Gasteiger partial charge on any atom is 0.243 e. The van der Waals surface area contributed by atoms with Crippen molar-refractivity contribution in [3.63, 3.8) is 0 Å². The summed E-state index contributed by atoms with van der Waals surface area (Å²) in [7, 11) is -3.68. The van der Waals surface area contributed by atoms with Crippen molar-refractivity contribution < 1.29 is 13.2 Å². The highest BCUT2D eigenvalue weighted by Gasteiger charge is 2.40. The van der Waals surface area contributed by atoms with Gasteiger partial charge in [0.2, 0.25) is 15.9 Å². The van der Waals surface area contributed by atoms with Gasteiger partial charge in [-0.15, -0.1) is 0 Å². The Morgan fingerprint density at radius 1 is 1.00 bits per heavy atom. The molecule has 1 heterocycles. The fourth-order valence-electron chi connectivity index (χ4n) is 5.10. The average Bonchev–Trinajstić information content (AvgIpc) is 3.63. The van der Waals surface area contributed by atoms with Gasteiger partial charge in [0.15, 0.2) is 0 Å². The van der Waals surface area contributed by atoms with Gasteiger partial charge in [-0.1, -0.05) is 23.2 Å². The van der Waals surface area contributed by atoms with E-state index in [4.69, 9.17) is 23.2 Å². The Kier molecular flexibility index (Phi) is 7.96. The molecule has 1 amide bonds.